The van der Waals surface area contributed by atoms with Gasteiger partial charge in [0.05, 0.1) is 18.1 Å². The molecule has 2 fully saturated rings. The number of carbonyl (C=O) groups is 1. The van der Waals surface area contributed by atoms with Crippen LogP contribution in [0.2, 0.25) is 0 Å². The molecule has 23 heavy (non-hydrogen) atoms. The van der Waals surface area contributed by atoms with Crippen molar-refractivity contribution in [2.75, 3.05) is 6.54 Å². The first-order valence-corrected chi connectivity index (χ1v) is 9.09. The minimum Gasteiger partial charge on any atom is -0.467 e. The van der Waals surface area contributed by atoms with Gasteiger partial charge < -0.3 is 9.73 Å². The molecule has 2 aromatic rings. The lowest BCUT2D eigenvalue weighted by molar-refractivity contribution is -0.120. The number of rotatable bonds is 5. The SMILES string of the molecule is O=C1NCCCC[C@H]1Sc1nnc(C2CC2)n1Cc1ccco1. The Labute approximate surface area is 139 Å². The van der Waals surface area contributed by atoms with Crippen molar-refractivity contribution in [1.29, 1.82) is 0 Å². The monoisotopic (exact) mass is 332 g/mol. The minimum absolute atomic E-state index is 0.0795. The summed E-state index contributed by atoms with van der Waals surface area (Å²) in [5.74, 6) is 2.54. The third kappa shape index (κ3) is 3.29. The zero-order valence-corrected chi connectivity index (χ0v) is 13.7. The lowest BCUT2D eigenvalue weighted by Gasteiger charge is -2.13. The van der Waals surface area contributed by atoms with Gasteiger partial charge in [0, 0.05) is 12.5 Å². The van der Waals surface area contributed by atoms with Crippen LogP contribution in [0.3, 0.4) is 0 Å². The highest BCUT2D eigenvalue weighted by atomic mass is 32.2. The molecular weight excluding hydrogens is 312 g/mol. The van der Waals surface area contributed by atoms with E-state index >= 15 is 0 Å². The molecule has 4 rings (SSSR count). The normalized spacial score (nSPS) is 21.9. The van der Waals surface area contributed by atoms with Crippen LogP contribution in [0.4, 0.5) is 0 Å². The van der Waals surface area contributed by atoms with Gasteiger partial charge in [-0.1, -0.05) is 18.2 Å². The second-order valence-corrected chi connectivity index (χ2v) is 7.34. The molecule has 1 saturated carbocycles. The second-order valence-electron chi connectivity index (χ2n) is 6.17. The number of hydrogen-bond donors (Lipinski definition) is 1. The van der Waals surface area contributed by atoms with Gasteiger partial charge in [-0.25, -0.2) is 0 Å². The lowest BCUT2D eigenvalue weighted by Crippen LogP contribution is -2.30. The van der Waals surface area contributed by atoms with Crippen molar-refractivity contribution in [3.05, 3.63) is 30.0 Å². The molecule has 3 heterocycles. The Morgan fingerprint density at radius 1 is 1.30 bits per heavy atom. The molecule has 0 unspecified atom stereocenters. The quantitative estimate of drug-likeness (QED) is 0.911. The van der Waals surface area contributed by atoms with Crippen LogP contribution >= 0.6 is 11.8 Å². The van der Waals surface area contributed by atoms with E-state index < -0.39 is 0 Å². The summed E-state index contributed by atoms with van der Waals surface area (Å²) >= 11 is 1.54. The molecule has 1 aliphatic heterocycles. The minimum atomic E-state index is -0.0795. The molecule has 1 atom stereocenters. The summed E-state index contributed by atoms with van der Waals surface area (Å²) < 4.78 is 7.61. The van der Waals surface area contributed by atoms with Crippen molar-refractivity contribution in [1.82, 2.24) is 20.1 Å². The number of carbonyl (C=O) groups excluding carboxylic acids is 1. The Bertz CT molecular complexity index is 678. The first kappa shape index (κ1) is 14.8. The van der Waals surface area contributed by atoms with Gasteiger partial charge in [0.25, 0.3) is 0 Å². The van der Waals surface area contributed by atoms with Crippen LogP contribution < -0.4 is 5.32 Å². The molecule has 6 nitrogen and oxygen atoms in total. The molecule has 2 aromatic heterocycles. The number of furan rings is 1. The third-order valence-corrected chi connectivity index (χ3v) is 5.56. The first-order chi connectivity index (χ1) is 11.3. The van der Waals surface area contributed by atoms with Gasteiger partial charge in [0.15, 0.2) is 5.16 Å². The molecule has 1 N–H and O–H groups in total. The topological polar surface area (TPSA) is 73.0 Å². The van der Waals surface area contributed by atoms with Gasteiger partial charge in [-0.3, -0.25) is 9.36 Å². The average Bonchev–Trinajstić information content (AvgIpc) is 3.19. The number of hydrogen-bond acceptors (Lipinski definition) is 5. The maximum Gasteiger partial charge on any atom is 0.233 e. The van der Waals surface area contributed by atoms with Crippen LogP contribution in [0.15, 0.2) is 28.0 Å². The van der Waals surface area contributed by atoms with E-state index in [0.29, 0.717) is 12.5 Å². The van der Waals surface area contributed by atoms with E-state index in [1.165, 1.54) is 24.6 Å². The van der Waals surface area contributed by atoms with Crippen LogP contribution in [-0.2, 0) is 11.3 Å². The number of aromatic nitrogens is 3. The second kappa shape index (κ2) is 6.39. The van der Waals surface area contributed by atoms with Crippen molar-refractivity contribution in [2.24, 2.45) is 0 Å². The van der Waals surface area contributed by atoms with Crippen LogP contribution in [0, 0.1) is 0 Å². The van der Waals surface area contributed by atoms with E-state index in [-0.39, 0.29) is 11.2 Å². The highest BCUT2D eigenvalue weighted by Gasteiger charge is 2.32. The first-order valence-electron chi connectivity index (χ1n) is 8.21. The van der Waals surface area contributed by atoms with Crippen molar-refractivity contribution in [3.8, 4) is 0 Å². The molecule has 1 aliphatic carbocycles. The zero-order valence-electron chi connectivity index (χ0n) is 12.9. The summed E-state index contributed by atoms with van der Waals surface area (Å²) in [5, 5.41) is 12.5. The fourth-order valence-corrected chi connectivity index (χ4v) is 3.99. The molecule has 122 valence electrons. The molecule has 0 bridgehead atoms. The molecule has 7 heteroatoms. The molecule has 2 aliphatic rings. The Kier molecular flexibility index (Phi) is 4.11. The van der Waals surface area contributed by atoms with Crippen LogP contribution in [-0.4, -0.2) is 32.5 Å². The average molecular weight is 332 g/mol. The van der Waals surface area contributed by atoms with Gasteiger partial charge in [-0.2, -0.15) is 0 Å². The van der Waals surface area contributed by atoms with Crippen LogP contribution in [0.1, 0.15) is 49.6 Å². The van der Waals surface area contributed by atoms with E-state index in [2.05, 4.69) is 20.1 Å². The number of amides is 1. The fraction of sp³-hybridized carbons (Fsp3) is 0.562. The zero-order chi connectivity index (χ0) is 15.6. The van der Waals surface area contributed by atoms with Gasteiger partial charge in [-0.15, -0.1) is 10.2 Å². The van der Waals surface area contributed by atoms with E-state index in [1.807, 2.05) is 12.1 Å². The summed E-state index contributed by atoms with van der Waals surface area (Å²) in [4.78, 5) is 12.2. The number of thioether (sulfide) groups is 1. The standard InChI is InChI=1S/C16H20N4O2S/c21-15-13(5-1-2-8-17-15)23-16-19-18-14(11-6-7-11)20(16)10-12-4-3-9-22-12/h3-4,9,11,13H,1-2,5-8,10H2,(H,17,21)/t13-/m1/s1. The predicted octanol–water partition coefficient (Wildman–Crippen LogP) is 2.56. The van der Waals surface area contributed by atoms with Gasteiger partial charge in [0.2, 0.25) is 5.91 Å². The molecule has 1 saturated heterocycles. The highest BCUT2D eigenvalue weighted by Crippen LogP contribution is 2.41. The fourth-order valence-electron chi connectivity index (χ4n) is 2.89. The lowest BCUT2D eigenvalue weighted by atomic mass is 10.2. The molecule has 0 aromatic carbocycles. The van der Waals surface area contributed by atoms with Crippen molar-refractivity contribution in [2.45, 2.75) is 55.0 Å². The molecule has 0 spiro atoms. The predicted molar refractivity (Wildman–Crippen MR) is 86.3 cm³/mol. The Hall–Kier alpha value is -1.76. The van der Waals surface area contributed by atoms with Gasteiger partial charge in [0.1, 0.15) is 11.6 Å². The maximum atomic E-state index is 12.2. The van der Waals surface area contributed by atoms with E-state index in [4.69, 9.17) is 4.42 Å². The molecule has 0 radical (unpaired) electrons. The van der Waals surface area contributed by atoms with Gasteiger partial charge >= 0.3 is 0 Å². The molecule has 1 amide bonds. The number of nitrogens with one attached hydrogen (secondary N) is 1. The molecular formula is C16H20N4O2S. The van der Waals surface area contributed by atoms with Crippen molar-refractivity contribution >= 4 is 17.7 Å². The summed E-state index contributed by atoms with van der Waals surface area (Å²) in [5.41, 5.74) is 0. The van der Waals surface area contributed by atoms with Crippen LogP contribution in [0.25, 0.3) is 0 Å². The van der Waals surface area contributed by atoms with E-state index in [9.17, 15) is 4.79 Å². The Morgan fingerprint density at radius 2 is 2.22 bits per heavy atom. The summed E-state index contributed by atoms with van der Waals surface area (Å²) in [6.45, 7) is 1.41. The Balaban J connectivity index is 1.58. The number of nitrogens with zero attached hydrogens (tertiary/aromatic N) is 3. The van der Waals surface area contributed by atoms with Crippen LogP contribution in [0.5, 0.6) is 0 Å². The Morgan fingerprint density at radius 3 is 3.00 bits per heavy atom. The summed E-state index contributed by atoms with van der Waals surface area (Å²) in [6.07, 6.45) is 7.04. The summed E-state index contributed by atoms with van der Waals surface area (Å²) in [7, 11) is 0. The van der Waals surface area contributed by atoms with Gasteiger partial charge in [-0.05, 0) is 37.8 Å². The maximum absolute atomic E-state index is 12.2. The van der Waals surface area contributed by atoms with Crippen molar-refractivity contribution < 1.29 is 9.21 Å². The largest absolute Gasteiger partial charge is 0.467 e. The smallest absolute Gasteiger partial charge is 0.233 e. The van der Waals surface area contributed by atoms with Crippen molar-refractivity contribution in [3.63, 3.8) is 0 Å². The summed E-state index contributed by atoms with van der Waals surface area (Å²) in [6, 6.07) is 3.85. The third-order valence-electron chi connectivity index (χ3n) is 4.31. The highest BCUT2D eigenvalue weighted by molar-refractivity contribution is 8.00. The van der Waals surface area contributed by atoms with E-state index in [1.54, 1.807) is 6.26 Å². The van der Waals surface area contributed by atoms with E-state index in [0.717, 1.165) is 42.5 Å².